The van der Waals surface area contributed by atoms with E-state index < -0.39 is 0 Å². The van der Waals surface area contributed by atoms with Crippen LogP contribution in [0.25, 0.3) is 0 Å². The standard InChI is InChI=1S/C15H18N3O.C13H11O.Y/c1-10-11(2)17-18(12(10)3)9-13-6-5-7-14(8-13)15(19)16-4;1-3-7-12(8-4-1)11-14-13-9-5-2-6-10-13;/h5-8H,1,9H2,2-4H3,(H,16,19);2-10H,11H2;/q2*-1;. The van der Waals surface area contributed by atoms with Crippen molar-refractivity contribution >= 4 is 5.91 Å². The molecule has 0 aliphatic heterocycles. The predicted octanol–water partition coefficient (Wildman–Crippen LogP) is 5.15. The van der Waals surface area contributed by atoms with Gasteiger partial charge in [-0.3, -0.25) is 9.89 Å². The first-order valence-corrected chi connectivity index (χ1v) is 10.8. The van der Waals surface area contributed by atoms with Crippen molar-refractivity contribution in [3.63, 3.8) is 0 Å². The second kappa shape index (κ2) is 13.7. The van der Waals surface area contributed by atoms with Gasteiger partial charge in [0, 0.05) is 45.3 Å². The molecule has 1 aromatic heterocycles. The Morgan fingerprint density at radius 1 is 1.03 bits per heavy atom. The fourth-order valence-corrected chi connectivity index (χ4v) is 3.22. The number of carbonyl (C=O) groups excluding carboxylic acids is 1. The van der Waals surface area contributed by atoms with Crippen molar-refractivity contribution in [1.82, 2.24) is 15.1 Å². The van der Waals surface area contributed by atoms with E-state index >= 15 is 0 Å². The number of ether oxygens (including phenoxy) is 1. The zero-order valence-corrected chi connectivity index (χ0v) is 22.8. The molecule has 0 saturated carbocycles. The van der Waals surface area contributed by atoms with Gasteiger partial charge in [-0.1, -0.05) is 49.9 Å². The molecular formula is C28H29N3O2Y-2. The van der Waals surface area contributed by atoms with Crippen LogP contribution in [0, 0.1) is 26.8 Å². The molecule has 0 bridgehead atoms. The molecule has 1 heterocycles. The van der Waals surface area contributed by atoms with E-state index in [0.29, 0.717) is 18.7 Å². The van der Waals surface area contributed by atoms with Crippen LogP contribution in [-0.4, -0.2) is 22.7 Å². The maximum Gasteiger partial charge on any atom is 0.251 e. The van der Waals surface area contributed by atoms with Gasteiger partial charge in [-0.15, -0.1) is 5.56 Å². The number of nitrogens with zero attached hydrogens (tertiary/aromatic N) is 2. The Morgan fingerprint density at radius 3 is 2.35 bits per heavy atom. The average Bonchev–Trinajstić information content (AvgIpc) is 3.10. The van der Waals surface area contributed by atoms with Crippen LogP contribution in [0.2, 0.25) is 0 Å². The maximum absolute atomic E-state index is 11.6. The largest absolute Gasteiger partial charge is 0.491 e. The van der Waals surface area contributed by atoms with Gasteiger partial charge in [0.2, 0.25) is 0 Å². The molecule has 3 aromatic carbocycles. The summed E-state index contributed by atoms with van der Waals surface area (Å²) in [5.41, 5.74) is 5.85. The molecule has 34 heavy (non-hydrogen) atoms. The van der Waals surface area contributed by atoms with Gasteiger partial charge in [0.1, 0.15) is 5.75 Å². The molecule has 6 heteroatoms. The number of amides is 1. The number of rotatable bonds is 6. The normalized spacial score (nSPS) is 9.85. The van der Waals surface area contributed by atoms with Crippen LogP contribution >= 0.6 is 0 Å². The third-order valence-corrected chi connectivity index (χ3v) is 5.22. The van der Waals surface area contributed by atoms with Gasteiger partial charge in [-0.05, 0) is 35.5 Å². The fraction of sp³-hybridized carbons (Fsp3) is 0.179. The summed E-state index contributed by atoms with van der Waals surface area (Å²) in [5, 5.41) is 7.08. The second-order valence-electron chi connectivity index (χ2n) is 7.60. The van der Waals surface area contributed by atoms with Crippen LogP contribution in [-0.2, 0) is 45.9 Å². The third-order valence-electron chi connectivity index (χ3n) is 5.22. The zero-order valence-electron chi connectivity index (χ0n) is 19.9. The smallest absolute Gasteiger partial charge is 0.251 e. The predicted molar refractivity (Wildman–Crippen MR) is 131 cm³/mol. The van der Waals surface area contributed by atoms with Crippen molar-refractivity contribution in [2.75, 3.05) is 7.05 Å². The summed E-state index contributed by atoms with van der Waals surface area (Å²) >= 11 is 0. The van der Waals surface area contributed by atoms with Crippen LogP contribution in [0.4, 0.5) is 0 Å². The molecule has 0 fully saturated rings. The molecule has 5 nitrogen and oxygen atoms in total. The number of para-hydroxylation sites is 1. The van der Waals surface area contributed by atoms with E-state index in [4.69, 9.17) is 4.74 Å². The molecule has 0 spiro atoms. The number of carbonyl (C=O) groups is 1. The Hall–Kier alpha value is -2.89. The molecule has 4 aromatic rings. The van der Waals surface area contributed by atoms with Crippen LogP contribution in [0.15, 0.2) is 78.9 Å². The van der Waals surface area contributed by atoms with Gasteiger partial charge in [0.25, 0.3) is 5.91 Å². The molecule has 1 radical (unpaired) electrons. The number of nitrogens with one attached hydrogen (secondary N) is 1. The van der Waals surface area contributed by atoms with E-state index in [9.17, 15) is 4.79 Å². The summed E-state index contributed by atoms with van der Waals surface area (Å²) in [5.74, 6) is 0.827. The monoisotopic (exact) mass is 528 g/mol. The van der Waals surface area contributed by atoms with Crippen LogP contribution in [0.3, 0.4) is 0 Å². The van der Waals surface area contributed by atoms with E-state index in [2.05, 4.69) is 23.4 Å². The van der Waals surface area contributed by atoms with Crippen LogP contribution < -0.4 is 10.1 Å². The van der Waals surface area contributed by atoms with Crippen molar-refractivity contribution in [1.29, 1.82) is 0 Å². The SMILES string of the molecule is [CH2-]c1c(C)nn(Cc2cccc(C(=O)NC)c2)c1C.[Y].[c-]1ccc(COc2ccccc2)cc1. The molecule has 1 amide bonds. The van der Waals surface area contributed by atoms with Gasteiger partial charge in [-0.25, -0.2) is 0 Å². The van der Waals surface area contributed by atoms with Crippen molar-refractivity contribution in [3.05, 3.63) is 125 Å². The van der Waals surface area contributed by atoms with Gasteiger partial charge >= 0.3 is 0 Å². The molecule has 1 N–H and O–H groups in total. The van der Waals surface area contributed by atoms with Crippen LogP contribution in [0.5, 0.6) is 5.75 Å². The van der Waals surface area contributed by atoms with E-state index in [1.807, 2.05) is 91.3 Å². The first-order chi connectivity index (χ1) is 16.0. The van der Waals surface area contributed by atoms with E-state index in [0.717, 1.165) is 33.8 Å². The van der Waals surface area contributed by atoms with Gasteiger partial charge in [0.15, 0.2) is 0 Å². The molecule has 0 atom stereocenters. The molecule has 0 aliphatic rings. The zero-order chi connectivity index (χ0) is 23.6. The minimum absolute atomic E-state index is 0. The third kappa shape index (κ3) is 7.86. The minimum atomic E-state index is -0.0759. The Balaban J connectivity index is 0.000000243. The topological polar surface area (TPSA) is 56.2 Å². The summed E-state index contributed by atoms with van der Waals surface area (Å²) in [7, 11) is 1.63. The number of hydrogen-bond donors (Lipinski definition) is 1. The number of aryl methyl sites for hydroxylation is 1. The minimum Gasteiger partial charge on any atom is -0.491 e. The van der Waals surface area contributed by atoms with Crippen LogP contribution in [0.1, 0.15) is 38.4 Å². The summed E-state index contributed by atoms with van der Waals surface area (Å²) in [6, 6.07) is 28.1. The number of benzene rings is 3. The molecule has 173 valence electrons. The first kappa shape index (κ1) is 27.4. The first-order valence-electron chi connectivity index (χ1n) is 10.8. The van der Waals surface area contributed by atoms with E-state index in [1.165, 1.54) is 0 Å². The van der Waals surface area contributed by atoms with Crippen molar-refractivity contribution in [3.8, 4) is 5.75 Å². The Morgan fingerprint density at radius 2 is 1.74 bits per heavy atom. The average molecular weight is 528 g/mol. The Labute approximate surface area is 227 Å². The van der Waals surface area contributed by atoms with Gasteiger partial charge < -0.3 is 14.7 Å². The summed E-state index contributed by atoms with van der Waals surface area (Å²) < 4.78 is 7.50. The van der Waals surface area contributed by atoms with Crippen molar-refractivity contribution in [2.45, 2.75) is 27.0 Å². The second-order valence-corrected chi connectivity index (χ2v) is 7.60. The molecule has 0 aliphatic carbocycles. The maximum atomic E-state index is 11.6. The summed E-state index contributed by atoms with van der Waals surface area (Å²) in [4.78, 5) is 11.6. The van der Waals surface area contributed by atoms with E-state index in [-0.39, 0.29) is 38.6 Å². The molecule has 0 unspecified atom stereocenters. The Kier molecular flexibility index (Phi) is 11.0. The van der Waals surface area contributed by atoms with Gasteiger partial charge in [-0.2, -0.15) is 42.8 Å². The summed E-state index contributed by atoms with van der Waals surface area (Å²) in [6.45, 7) is 9.21. The van der Waals surface area contributed by atoms with E-state index in [1.54, 1.807) is 13.1 Å². The fourth-order valence-electron chi connectivity index (χ4n) is 3.22. The Bertz CT molecular complexity index is 1140. The van der Waals surface area contributed by atoms with Gasteiger partial charge in [0.05, 0.1) is 13.2 Å². The summed E-state index contributed by atoms with van der Waals surface area (Å²) in [6.07, 6.45) is 0. The molecule has 4 rings (SSSR count). The molecular weight excluding hydrogens is 499 g/mol. The number of aromatic nitrogens is 2. The van der Waals surface area contributed by atoms with Crippen molar-refractivity contribution in [2.24, 2.45) is 0 Å². The quantitative estimate of drug-likeness (QED) is 0.352. The van der Waals surface area contributed by atoms with Crippen molar-refractivity contribution < 1.29 is 42.2 Å². The number of hydrogen-bond acceptors (Lipinski definition) is 3. The molecule has 0 saturated heterocycles.